The van der Waals surface area contributed by atoms with Gasteiger partial charge in [0.15, 0.2) is 0 Å². The van der Waals surface area contributed by atoms with Gasteiger partial charge in [-0.3, -0.25) is 0 Å². The number of rotatable bonds is 0. The van der Waals surface area contributed by atoms with Crippen LogP contribution in [-0.2, 0) is 12.8 Å². The van der Waals surface area contributed by atoms with Crippen LogP contribution in [0, 0.1) is 0 Å². The summed E-state index contributed by atoms with van der Waals surface area (Å²) >= 11 is 6.01. The van der Waals surface area contributed by atoms with Crippen LogP contribution in [0.2, 0.25) is 5.02 Å². The van der Waals surface area contributed by atoms with E-state index in [-0.39, 0.29) is 0 Å². The van der Waals surface area contributed by atoms with Gasteiger partial charge in [0, 0.05) is 16.8 Å². The topological polar surface area (TPSA) is 51.8 Å². The summed E-state index contributed by atoms with van der Waals surface area (Å²) in [5, 5.41) is 0.726. The van der Waals surface area contributed by atoms with Crippen molar-refractivity contribution in [3.63, 3.8) is 0 Å². The number of hydrogen-bond acceptors (Lipinski definition) is 3. The third-order valence-corrected chi connectivity index (χ3v) is 3.11. The molecule has 0 bridgehead atoms. The zero-order chi connectivity index (χ0) is 11.1. The second kappa shape index (κ2) is 3.46. The fraction of sp³-hybridized carbons (Fsp3) is 0.167. The Morgan fingerprint density at radius 2 is 2.00 bits per heavy atom. The number of hydrogen-bond donors (Lipinski definition) is 1. The molecule has 2 aromatic rings. The van der Waals surface area contributed by atoms with Gasteiger partial charge in [0.05, 0.1) is 5.69 Å². The average Bonchev–Trinajstić information content (AvgIpc) is 2.29. The molecule has 3 rings (SSSR count). The van der Waals surface area contributed by atoms with Crippen LogP contribution in [0.15, 0.2) is 24.4 Å². The smallest absolute Gasteiger partial charge is 0.220 e. The van der Waals surface area contributed by atoms with E-state index in [0.717, 1.165) is 34.7 Å². The molecule has 1 aromatic heterocycles. The van der Waals surface area contributed by atoms with E-state index < -0.39 is 0 Å². The lowest BCUT2D eigenvalue weighted by Crippen LogP contribution is -2.08. The number of aryl methyl sites for hydroxylation is 2. The summed E-state index contributed by atoms with van der Waals surface area (Å²) in [6.07, 6.45) is 3.78. The minimum atomic E-state index is 0.312. The van der Waals surface area contributed by atoms with Gasteiger partial charge in [0.2, 0.25) is 5.95 Å². The Morgan fingerprint density at radius 1 is 1.19 bits per heavy atom. The summed E-state index contributed by atoms with van der Waals surface area (Å²) in [5.41, 5.74) is 10.1. The maximum Gasteiger partial charge on any atom is 0.220 e. The molecule has 1 heterocycles. The third-order valence-electron chi connectivity index (χ3n) is 2.87. The van der Waals surface area contributed by atoms with Crippen LogP contribution in [0.1, 0.15) is 11.1 Å². The Hall–Kier alpha value is -1.61. The van der Waals surface area contributed by atoms with Gasteiger partial charge >= 0.3 is 0 Å². The Labute approximate surface area is 98.3 Å². The normalized spacial score (nSPS) is 13.1. The Balaban J connectivity index is 2.28. The molecule has 4 heteroatoms. The van der Waals surface area contributed by atoms with Crippen LogP contribution in [0.3, 0.4) is 0 Å². The molecular weight excluding hydrogens is 222 g/mol. The average molecular weight is 232 g/mol. The molecule has 1 aliphatic rings. The van der Waals surface area contributed by atoms with Crippen LogP contribution in [0.25, 0.3) is 11.3 Å². The quantitative estimate of drug-likeness (QED) is 0.758. The minimum absolute atomic E-state index is 0.312. The van der Waals surface area contributed by atoms with Gasteiger partial charge in [0.1, 0.15) is 0 Å². The van der Waals surface area contributed by atoms with Crippen molar-refractivity contribution in [1.82, 2.24) is 9.97 Å². The fourth-order valence-corrected chi connectivity index (χ4v) is 2.27. The van der Waals surface area contributed by atoms with Gasteiger partial charge in [0.25, 0.3) is 0 Å². The standard InChI is InChI=1S/C12H10ClN3/c13-9-4-3-7-1-2-8-6-15-12(14)16-11(8)10(7)5-9/h3-6H,1-2H2,(H2,14,15,16). The minimum Gasteiger partial charge on any atom is -0.368 e. The van der Waals surface area contributed by atoms with E-state index in [1.54, 1.807) is 0 Å². The van der Waals surface area contributed by atoms with Crippen molar-refractivity contribution < 1.29 is 0 Å². The number of aromatic nitrogens is 2. The number of nitrogens with zero attached hydrogens (tertiary/aromatic N) is 2. The SMILES string of the molecule is Nc1ncc2c(n1)-c1cc(Cl)ccc1CC2. The molecule has 0 atom stereocenters. The second-order valence-corrected chi connectivity index (χ2v) is 4.34. The first kappa shape index (κ1) is 9.60. The molecule has 0 radical (unpaired) electrons. The van der Waals surface area contributed by atoms with E-state index in [9.17, 15) is 0 Å². The lowest BCUT2D eigenvalue weighted by atomic mass is 9.90. The highest BCUT2D eigenvalue weighted by Crippen LogP contribution is 2.33. The van der Waals surface area contributed by atoms with E-state index in [4.69, 9.17) is 17.3 Å². The summed E-state index contributed by atoms with van der Waals surface area (Å²) in [6.45, 7) is 0. The summed E-state index contributed by atoms with van der Waals surface area (Å²) in [6, 6.07) is 5.91. The third kappa shape index (κ3) is 1.44. The van der Waals surface area contributed by atoms with Gasteiger partial charge in [-0.2, -0.15) is 0 Å². The molecule has 0 unspecified atom stereocenters. The van der Waals surface area contributed by atoms with E-state index in [2.05, 4.69) is 16.0 Å². The highest BCUT2D eigenvalue weighted by atomic mass is 35.5. The van der Waals surface area contributed by atoms with Crippen LogP contribution in [0.5, 0.6) is 0 Å². The molecule has 3 nitrogen and oxygen atoms in total. The van der Waals surface area contributed by atoms with E-state index in [1.807, 2.05) is 18.3 Å². The van der Waals surface area contributed by atoms with Gasteiger partial charge in [-0.1, -0.05) is 17.7 Å². The zero-order valence-corrected chi connectivity index (χ0v) is 9.33. The van der Waals surface area contributed by atoms with Gasteiger partial charge in [-0.15, -0.1) is 0 Å². The zero-order valence-electron chi connectivity index (χ0n) is 8.57. The van der Waals surface area contributed by atoms with E-state index >= 15 is 0 Å². The van der Waals surface area contributed by atoms with Crippen molar-refractivity contribution in [3.8, 4) is 11.3 Å². The monoisotopic (exact) mass is 231 g/mol. The molecule has 0 saturated heterocycles. The van der Waals surface area contributed by atoms with Crippen molar-refractivity contribution in [1.29, 1.82) is 0 Å². The number of fused-ring (bicyclic) bond motifs is 3. The molecule has 0 aliphatic heterocycles. The lowest BCUT2D eigenvalue weighted by molar-refractivity contribution is 0.913. The molecule has 1 aliphatic carbocycles. The number of nitrogens with two attached hydrogens (primary N) is 1. The van der Waals surface area contributed by atoms with Crippen molar-refractivity contribution >= 4 is 17.5 Å². The molecule has 80 valence electrons. The van der Waals surface area contributed by atoms with Crippen molar-refractivity contribution in [2.75, 3.05) is 5.73 Å². The van der Waals surface area contributed by atoms with Crippen LogP contribution < -0.4 is 5.73 Å². The molecule has 0 fully saturated rings. The summed E-state index contributed by atoms with van der Waals surface area (Å²) < 4.78 is 0. The molecular formula is C12H10ClN3. The summed E-state index contributed by atoms with van der Waals surface area (Å²) in [7, 11) is 0. The number of halogens is 1. The summed E-state index contributed by atoms with van der Waals surface area (Å²) in [4.78, 5) is 8.33. The maximum atomic E-state index is 6.01. The predicted molar refractivity (Wildman–Crippen MR) is 64.3 cm³/mol. The first-order valence-corrected chi connectivity index (χ1v) is 5.52. The van der Waals surface area contributed by atoms with Gasteiger partial charge < -0.3 is 5.73 Å². The van der Waals surface area contributed by atoms with E-state index in [0.29, 0.717) is 5.95 Å². The molecule has 1 aromatic carbocycles. The van der Waals surface area contributed by atoms with Gasteiger partial charge in [-0.25, -0.2) is 9.97 Å². The first-order chi connectivity index (χ1) is 7.74. The highest BCUT2D eigenvalue weighted by molar-refractivity contribution is 6.30. The fourth-order valence-electron chi connectivity index (χ4n) is 2.09. The van der Waals surface area contributed by atoms with Crippen molar-refractivity contribution in [2.24, 2.45) is 0 Å². The largest absolute Gasteiger partial charge is 0.368 e. The Bertz CT molecular complexity index is 515. The Morgan fingerprint density at radius 3 is 2.88 bits per heavy atom. The van der Waals surface area contributed by atoms with Crippen LogP contribution in [-0.4, -0.2) is 9.97 Å². The number of benzene rings is 1. The molecule has 16 heavy (non-hydrogen) atoms. The Kier molecular flexibility index (Phi) is 2.07. The molecule has 0 spiro atoms. The van der Waals surface area contributed by atoms with Crippen LogP contribution in [0.4, 0.5) is 5.95 Å². The van der Waals surface area contributed by atoms with Crippen LogP contribution >= 0.6 is 11.6 Å². The second-order valence-electron chi connectivity index (χ2n) is 3.90. The first-order valence-electron chi connectivity index (χ1n) is 5.14. The van der Waals surface area contributed by atoms with Gasteiger partial charge in [-0.05, 0) is 36.1 Å². The lowest BCUT2D eigenvalue weighted by Gasteiger charge is -2.18. The number of anilines is 1. The predicted octanol–water partition coefficient (Wildman–Crippen LogP) is 2.48. The molecule has 0 amide bonds. The van der Waals surface area contributed by atoms with Crippen molar-refractivity contribution in [3.05, 3.63) is 40.5 Å². The number of nitrogen functional groups attached to an aromatic ring is 1. The maximum absolute atomic E-state index is 6.01. The van der Waals surface area contributed by atoms with E-state index in [1.165, 1.54) is 5.56 Å². The highest BCUT2D eigenvalue weighted by Gasteiger charge is 2.18. The van der Waals surface area contributed by atoms with Crippen molar-refractivity contribution in [2.45, 2.75) is 12.8 Å². The molecule has 2 N–H and O–H groups in total. The summed E-state index contributed by atoms with van der Waals surface area (Å²) in [5.74, 6) is 0.312. The molecule has 0 saturated carbocycles.